The van der Waals surface area contributed by atoms with E-state index in [2.05, 4.69) is 22.9 Å². The first-order chi connectivity index (χ1) is 10.3. The average Bonchev–Trinajstić information content (AvgIpc) is 2.86. The summed E-state index contributed by atoms with van der Waals surface area (Å²) in [6, 6.07) is 4.12. The lowest BCUT2D eigenvalue weighted by Crippen LogP contribution is -2.15. The highest BCUT2D eigenvalue weighted by Gasteiger charge is 2.17. The highest BCUT2D eigenvalue weighted by Crippen LogP contribution is 2.37. The highest BCUT2D eigenvalue weighted by atomic mass is 16.6. The predicted octanol–water partition coefficient (Wildman–Crippen LogP) is 1.69. The Morgan fingerprint density at radius 3 is 2.62 bits per heavy atom. The van der Waals surface area contributed by atoms with Gasteiger partial charge in [0.15, 0.2) is 11.5 Å². The zero-order valence-electron chi connectivity index (χ0n) is 12.2. The molecule has 2 aromatic rings. The number of aromatic nitrogens is 1. The molecule has 0 atom stereocenters. The predicted molar refractivity (Wildman–Crippen MR) is 82.0 cm³/mol. The number of ether oxygens (including phenoxy) is 2. The van der Waals surface area contributed by atoms with Crippen LogP contribution >= 0.6 is 0 Å². The van der Waals surface area contributed by atoms with Crippen LogP contribution in [-0.2, 0) is 13.0 Å². The molecule has 3 rings (SSSR count). The fourth-order valence-electron chi connectivity index (χ4n) is 2.82. The summed E-state index contributed by atoms with van der Waals surface area (Å²) in [5.41, 5.74) is 8.02. The van der Waals surface area contributed by atoms with E-state index in [1.165, 1.54) is 10.9 Å². The van der Waals surface area contributed by atoms with Crippen LogP contribution in [0.5, 0.6) is 11.5 Å². The van der Waals surface area contributed by atoms with E-state index in [4.69, 9.17) is 20.3 Å². The summed E-state index contributed by atoms with van der Waals surface area (Å²) in [5, 5.41) is 10.3. The summed E-state index contributed by atoms with van der Waals surface area (Å²) in [6.07, 6.45) is 4.74. The minimum Gasteiger partial charge on any atom is -0.486 e. The molecule has 2 heterocycles. The maximum atomic E-state index is 9.07. The quantitative estimate of drug-likeness (QED) is 0.849. The number of nitrogens with zero attached hydrogens (tertiary/aromatic N) is 1. The molecule has 0 saturated heterocycles. The molecule has 5 heteroatoms. The Morgan fingerprint density at radius 1 is 1.14 bits per heavy atom. The minimum atomic E-state index is 0.208. The van der Waals surface area contributed by atoms with Crippen molar-refractivity contribution in [1.29, 1.82) is 0 Å². The van der Waals surface area contributed by atoms with E-state index in [0.717, 1.165) is 42.8 Å². The molecule has 0 spiro atoms. The van der Waals surface area contributed by atoms with Crippen molar-refractivity contribution in [2.24, 2.45) is 5.73 Å². The van der Waals surface area contributed by atoms with Gasteiger partial charge in [0.05, 0.1) is 5.52 Å². The Balaban J connectivity index is 2.04. The van der Waals surface area contributed by atoms with Crippen LogP contribution in [0.4, 0.5) is 0 Å². The van der Waals surface area contributed by atoms with Crippen molar-refractivity contribution in [1.82, 2.24) is 4.57 Å². The van der Waals surface area contributed by atoms with Crippen molar-refractivity contribution in [3.8, 4) is 11.5 Å². The summed E-state index contributed by atoms with van der Waals surface area (Å²) in [4.78, 5) is 0. The molecule has 0 fully saturated rings. The molecule has 1 aromatic carbocycles. The molecule has 1 aliphatic rings. The van der Waals surface area contributed by atoms with Gasteiger partial charge in [0.1, 0.15) is 13.2 Å². The molecule has 0 radical (unpaired) electrons. The molecule has 21 heavy (non-hydrogen) atoms. The van der Waals surface area contributed by atoms with Gasteiger partial charge in [0.2, 0.25) is 0 Å². The first-order valence-electron chi connectivity index (χ1n) is 7.56. The van der Waals surface area contributed by atoms with Gasteiger partial charge in [0.25, 0.3) is 0 Å². The van der Waals surface area contributed by atoms with Gasteiger partial charge in [-0.05, 0) is 37.4 Å². The monoisotopic (exact) mass is 290 g/mol. The summed E-state index contributed by atoms with van der Waals surface area (Å²) >= 11 is 0. The van der Waals surface area contributed by atoms with Crippen molar-refractivity contribution in [2.75, 3.05) is 26.4 Å². The molecule has 0 amide bonds. The van der Waals surface area contributed by atoms with Crippen LogP contribution < -0.4 is 15.2 Å². The molecule has 3 N–H and O–H groups in total. The number of aliphatic hydroxyl groups excluding tert-OH is 1. The van der Waals surface area contributed by atoms with Gasteiger partial charge < -0.3 is 24.9 Å². The molecular formula is C16H22N2O3. The van der Waals surface area contributed by atoms with Crippen LogP contribution in [-0.4, -0.2) is 36.0 Å². The van der Waals surface area contributed by atoms with E-state index in [0.29, 0.717) is 19.8 Å². The summed E-state index contributed by atoms with van der Waals surface area (Å²) in [5.74, 6) is 1.63. The number of aliphatic hydroxyl groups is 1. The molecule has 0 bridgehead atoms. The van der Waals surface area contributed by atoms with E-state index in [9.17, 15) is 0 Å². The maximum absolute atomic E-state index is 9.07. The number of benzene rings is 1. The second-order valence-corrected chi connectivity index (χ2v) is 5.33. The number of rotatable bonds is 6. The van der Waals surface area contributed by atoms with E-state index in [-0.39, 0.29) is 6.61 Å². The Morgan fingerprint density at radius 2 is 1.90 bits per heavy atom. The standard InChI is InChI=1S/C16H22N2O3/c17-4-2-5-18-11-12(3-1-6-19)13-9-15-16(10-14(13)18)21-8-7-20-15/h9-11,19H,1-8,17H2. The average molecular weight is 290 g/mol. The Hall–Kier alpha value is -1.72. The Labute approximate surface area is 124 Å². The second kappa shape index (κ2) is 6.37. The van der Waals surface area contributed by atoms with Crippen LogP contribution in [0.2, 0.25) is 0 Å². The van der Waals surface area contributed by atoms with Crippen molar-refractivity contribution >= 4 is 10.9 Å². The third-order valence-corrected chi connectivity index (χ3v) is 3.83. The zero-order valence-corrected chi connectivity index (χ0v) is 12.2. The molecule has 0 aliphatic carbocycles. The normalized spacial score (nSPS) is 13.8. The Kier molecular flexibility index (Phi) is 4.31. The van der Waals surface area contributed by atoms with Gasteiger partial charge in [-0.3, -0.25) is 0 Å². The number of fused-ring (bicyclic) bond motifs is 2. The third-order valence-electron chi connectivity index (χ3n) is 3.83. The van der Waals surface area contributed by atoms with Gasteiger partial charge in [-0.1, -0.05) is 0 Å². The maximum Gasteiger partial charge on any atom is 0.163 e. The van der Waals surface area contributed by atoms with Crippen molar-refractivity contribution < 1.29 is 14.6 Å². The van der Waals surface area contributed by atoms with Gasteiger partial charge in [0, 0.05) is 30.8 Å². The Bertz CT molecular complexity index is 569. The third kappa shape index (κ3) is 2.84. The summed E-state index contributed by atoms with van der Waals surface area (Å²) < 4.78 is 13.6. The summed E-state index contributed by atoms with van der Waals surface area (Å²) in [7, 11) is 0. The smallest absolute Gasteiger partial charge is 0.163 e. The largest absolute Gasteiger partial charge is 0.486 e. The second-order valence-electron chi connectivity index (χ2n) is 5.33. The van der Waals surface area contributed by atoms with E-state index in [1.807, 2.05) is 0 Å². The van der Waals surface area contributed by atoms with Crippen molar-refractivity contribution in [3.63, 3.8) is 0 Å². The van der Waals surface area contributed by atoms with Crippen molar-refractivity contribution in [3.05, 3.63) is 23.9 Å². The number of nitrogens with two attached hydrogens (primary N) is 1. The molecule has 114 valence electrons. The minimum absolute atomic E-state index is 0.208. The number of aryl methyl sites for hydroxylation is 2. The van der Waals surface area contributed by atoms with Crippen LogP contribution in [0.1, 0.15) is 18.4 Å². The molecule has 1 aromatic heterocycles. The lowest BCUT2D eigenvalue weighted by Gasteiger charge is -2.18. The van der Waals surface area contributed by atoms with Gasteiger partial charge in [-0.2, -0.15) is 0 Å². The van der Waals surface area contributed by atoms with Crippen LogP contribution in [0.3, 0.4) is 0 Å². The van der Waals surface area contributed by atoms with Crippen LogP contribution in [0.15, 0.2) is 18.3 Å². The fraction of sp³-hybridized carbons (Fsp3) is 0.500. The molecular weight excluding hydrogens is 268 g/mol. The lowest BCUT2D eigenvalue weighted by molar-refractivity contribution is 0.172. The first kappa shape index (κ1) is 14.2. The van der Waals surface area contributed by atoms with Gasteiger partial charge >= 0.3 is 0 Å². The molecule has 0 unspecified atom stereocenters. The fourth-order valence-corrected chi connectivity index (χ4v) is 2.82. The van der Waals surface area contributed by atoms with Gasteiger partial charge in [-0.15, -0.1) is 0 Å². The topological polar surface area (TPSA) is 69.6 Å². The van der Waals surface area contributed by atoms with E-state index >= 15 is 0 Å². The lowest BCUT2D eigenvalue weighted by atomic mass is 10.1. The number of hydrogen-bond acceptors (Lipinski definition) is 4. The highest BCUT2D eigenvalue weighted by molar-refractivity contribution is 5.87. The van der Waals surface area contributed by atoms with E-state index < -0.39 is 0 Å². The van der Waals surface area contributed by atoms with E-state index in [1.54, 1.807) is 0 Å². The SMILES string of the molecule is NCCCn1cc(CCCO)c2cc3c(cc21)OCCO3. The van der Waals surface area contributed by atoms with Gasteiger partial charge in [-0.25, -0.2) is 0 Å². The molecule has 5 nitrogen and oxygen atoms in total. The number of hydrogen-bond donors (Lipinski definition) is 2. The van der Waals surface area contributed by atoms with Crippen LogP contribution in [0, 0.1) is 0 Å². The van der Waals surface area contributed by atoms with Crippen LogP contribution in [0.25, 0.3) is 10.9 Å². The summed E-state index contributed by atoms with van der Waals surface area (Å²) in [6.45, 7) is 2.97. The molecule has 0 saturated carbocycles. The first-order valence-corrected chi connectivity index (χ1v) is 7.56. The molecule has 1 aliphatic heterocycles. The van der Waals surface area contributed by atoms with Crippen molar-refractivity contribution in [2.45, 2.75) is 25.8 Å². The zero-order chi connectivity index (χ0) is 14.7.